The van der Waals surface area contributed by atoms with Gasteiger partial charge in [0.05, 0.1) is 11.9 Å². The van der Waals surface area contributed by atoms with E-state index in [1.165, 1.54) is 0 Å². The van der Waals surface area contributed by atoms with Crippen LogP contribution in [0.3, 0.4) is 0 Å². The second-order valence-corrected chi connectivity index (χ2v) is 11.1. The quantitative estimate of drug-likeness (QED) is 0.246. The van der Waals surface area contributed by atoms with E-state index in [0.29, 0.717) is 11.6 Å². The number of amidine groups is 1. The molecule has 0 aliphatic carbocycles. The molecule has 5 nitrogen and oxygen atoms in total. The number of phenols is 1. The van der Waals surface area contributed by atoms with Crippen LogP contribution in [-0.2, 0) is 10.8 Å². The van der Waals surface area contributed by atoms with Crippen molar-refractivity contribution in [2.75, 3.05) is 19.0 Å². The summed E-state index contributed by atoms with van der Waals surface area (Å²) in [6.07, 6.45) is 1.79. The molecular formula is C30H38N4O. The van der Waals surface area contributed by atoms with Crippen molar-refractivity contribution in [2.24, 2.45) is 10.1 Å². The summed E-state index contributed by atoms with van der Waals surface area (Å²) in [5.74, 6) is 0.964. The minimum Gasteiger partial charge on any atom is -0.507 e. The molecule has 0 radical (unpaired) electrons. The first-order chi connectivity index (χ1) is 16.4. The standard InChI is InChI=1S/C30H38N4O/c1-29(2,3)25-18-22(19-26(27(25)35)30(4,5)6)28(32-23-12-10-9-11-13-23)33-31-20-21-14-16-24(17-15-21)34(7)8/h9-20,35H,1-8H3,(H,32,33)/b31-20+. The highest BCUT2D eigenvalue weighted by molar-refractivity contribution is 6.01. The number of nitrogens with zero attached hydrogens (tertiary/aromatic N) is 3. The van der Waals surface area contributed by atoms with Gasteiger partial charge in [-0.15, -0.1) is 0 Å². The Morgan fingerprint density at radius 1 is 0.829 bits per heavy atom. The minimum absolute atomic E-state index is 0.241. The number of benzene rings is 3. The first-order valence-electron chi connectivity index (χ1n) is 11.9. The van der Waals surface area contributed by atoms with Crippen LogP contribution in [0.1, 0.15) is 63.8 Å². The summed E-state index contributed by atoms with van der Waals surface area (Å²) < 4.78 is 0. The largest absolute Gasteiger partial charge is 0.507 e. The van der Waals surface area contributed by atoms with Gasteiger partial charge < -0.3 is 10.0 Å². The number of aromatic hydroxyl groups is 1. The summed E-state index contributed by atoms with van der Waals surface area (Å²) in [6.45, 7) is 12.6. The van der Waals surface area contributed by atoms with Crippen LogP contribution in [-0.4, -0.2) is 31.3 Å². The van der Waals surface area contributed by atoms with Crippen molar-refractivity contribution >= 4 is 23.4 Å². The monoisotopic (exact) mass is 470 g/mol. The number of aliphatic imine (C=N–C) groups is 1. The first-order valence-corrected chi connectivity index (χ1v) is 11.9. The summed E-state index contributed by atoms with van der Waals surface area (Å²) in [4.78, 5) is 6.94. The summed E-state index contributed by atoms with van der Waals surface area (Å²) >= 11 is 0. The van der Waals surface area contributed by atoms with Crippen molar-refractivity contribution in [3.63, 3.8) is 0 Å². The lowest BCUT2D eigenvalue weighted by atomic mass is 9.78. The van der Waals surface area contributed by atoms with Crippen molar-refractivity contribution < 1.29 is 5.11 Å². The molecular weight excluding hydrogens is 432 g/mol. The summed E-state index contributed by atoms with van der Waals surface area (Å²) in [5, 5.41) is 15.7. The van der Waals surface area contributed by atoms with Gasteiger partial charge in [0.1, 0.15) is 5.75 Å². The van der Waals surface area contributed by atoms with Gasteiger partial charge in [-0.3, -0.25) is 5.43 Å². The molecule has 35 heavy (non-hydrogen) atoms. The van der Waals surface area contributed by atoms with Gasteiger partial charge >= 0.3 is 0 Å². The summed E-state index contributed by atoms with van der Waals surface area (Å²) in [7, 11) is 4.04. The molecule has 3 aromatic carbocycles. The third-order valence-electron chi connectivity index (χ3n) is 5.79. The molecule has 0 aliphatic rings. The highest BCUT2D eigenvalue weighted by atomic mass is 16.3. The van der Waals surface area contributed by atoms with Crippen molar-refractivity contribution in [1.82, 2.24) is 5.43 Å². The van der Waals surface area contributed by atoms with Crippen molar-refractivity contribution in [3.05, 3.63) is 89.0 Å². The van der Waals surface area contributed by atoms with E-state index in [4.69, 9.17) is 4.99 Å². The Balaban J connectivity index is 2.07. The fraction of sp³-hybridized carbons (Fsp3) is 0.333. The maximum Gasteiger partial charge on any atom is 0.154 e. The molecule has 0 bridgehead atoms. The van der Waals surface area contributed by atoms with Crippen LogP contribution in [0.15, 0.2) is 76.8 Å². The molecule has 3 aromatic rings. The zero-order chi connectivity index (χ0) is 25.8. The van der Waals surface area contributed by atoms with E-state index in [1.807, 2.05) is 68.7 Å². The lowest BCUT2D eigenvalue weighted by Gasteiger charge is -2.28. The average Bonchev–Trinajstić information content (AvgIpc) is 2.78. The van der Waals surface area contributed by atoms with Gasteiger partial charge in [-0.05, 0) is 52.8 Å². The Morgan fingerprint density at radius 2 is 1.37 bits per heavy atom. The lowest BCUT2D eigenvalue weighted by Crippen LogP contribution is -2.23. The van der Waals surface area contributed by atoms with E-state index >= 15 is 0 Å². The molecule has 0 aromatic heterocycles. The number of anilines is 1. The Bertz CT molecular complexity index is 1160. The number of hydrogen-bond acceptors (Lipinski definition) is 4. The topological polar surface area (TPSA) is 60.2 Å². The van der Waals surface area contributed by atoms with Crippen LogP contribution < -0.4 is 10.3 Å². The summed E-state index contributed by atoms with van der Waals surface area (Å²) in [5.41, 5.74) is 8.27. The highest BCUT2D eigenvalue weighted by Crippen LogP contribution is 2.40. The molecule has 0 spiro atoms. The molecule has 0 fully saturated rings. The van der Waals surface area contributed by atoms with Gasteiger partial charge in [0.15, 0.2) is 5.84 Å². The fourth-order valence-electron chi connectivity index (χ4n) is 3.73. The van der Waals surface area contributed by atoms with Crippen molar-refractivity contribution in [3.8, 4) is 5.75 Å². The maximum atomic E-state index is 11.1. The lowest BCUT2D eigenvalue weighted by molar-refractivity contribution is 0.423. The molecule has 2 N–H and O–H groups in total. The van der Waals surface area contributed by atoms with Crippen LogP contribution >= 0.6 is 0 Å². The van der Waals surface area contributed by atoms with E-state index in [0.717, 1.165) is 33.6 Å². The van der Waals surface area contributed by atoms with E-state index in [1.54, 1.807) is 6.21 Å². The third kappa shape index (κ3) is 6.72. The van der Waals surface area contributed by atoms with Gasteiger partial charge in [0.25, 0.3) is 0 Å². The number of rotatable bonds is 5. The highest BCUT2D eigenvalue weighted by Gasteiger charge is 2.27. The molecule has 0 saturated heterocycles. The molecule has 0 aliphatic heterocycles. The van der Waals surface area contributed by atoms with Gasteiger partial charge in [0.2, 0.25) is 0 Å². The molecule has 0 saturated carbocycles. The third-order valence-corrected chi connectivity index (χ3v) is 5.79. The second kappa shape index (κ2) is 10.3. The van der Waals surface area contributed by atoms with Crippen molar-refractivity contribution in [1.29, 1.82) is 0 Å². The minimum atomic E-state index is -0.241. The van der Waals surface area contributed by atoms with Gasteiger partial charge in [0, 0.05) is 36.5 Å². The van der Waals surface area contributed by atoms with Crippen LogP contribution in [0.25, 0.3) is 0 Å². The molecule has 5 heteroatoms. The summed E-state index contributed by atoms with van der Waals surface area (Å²) in [6, 6.07) is 22.0. The number of para-hydroxylation sites is 1. The molecule has 184 valence electrons. The van der Waals surface area contributed by atoms with Gasteiger partial charge in [-0.25, -0.2) is 4.99 Å². The Kier molecular flexibility index (Phi) is 7.69. The predicted molar refractivity (Wildman–Crippen MR) is 150 cm³/mol. The molecule has 0 heterocycles. The van der Waals surface area contributed by atoms with E-state index < -0.39 is 0 Å². The van der Waals surface area contributed by atoms with E-state index in [2.05, 4.69) is 69.1 Å². The molecule has 0 atom stereocenters. The van der Waals surface area contributed by atoms with Gasteiger partial charge in [-0.1, -0.05) is 71.9 Å². The van der Waals surface area contributed by atoms with E-state index in [-0.39, 0.29) is 10.8 Å². The smallest absolute Gasteiger partial charge is 0.154 e. The second-order valence-electron chi connectivity index (χ2n) is 11.1. The first kappa shape index (κ1) is 26.0. The normalized spacial score (nSPS) is 12.7. The number of hydrogen-bond donors (Lipinski definition) is 2. The molecule has 3 rings (SSSR count). The zero-order valence-corrected chi connectivity index (χ0v) is 22.2. The number of nitrogens with one attached hydrogen (secondary N) is 1. The van der Waals surface area contributed by atoms with Crippen LogP contribution in [0.4, 0.5) is 11.4 Å². The Hall–Kier alpha value is -3.60. The average molecular weight is 471 g/mol. The Labute approximate surface area is 210 Å². The van der Waals surface area contributed by atoms with Crippen LogP contribution in [0.5, 0.6) is 5.75 Å². The fourth-order valence-corrected chi connectivity index (χ4v) is 3.73. The van der Waals surface area contributed by atoms with Crippen LogP contribution in [0, 0.1) is 0 Å². The maximum absolute atomic E-state index is 11.1. The van der Waals surface area contributed by atoms with Gasteiger partial charge in [-0.2, -0.15) is 5.10 Å². The SMILES string of the molecule is CN(C)c1ccc(/C=N/NC(=Nc2ccccc2)c2cc(C(C)(C)C)c(O)c(C(C)(C)C)c2)cc1. The van der Waals surface area contributed by atoms with E-state index in [9.17, 15) is 5.11 Å². The Morgan fingerprint density at radius 3 is 1.86 bits per heavy atom. The predicted octanol–water partition coefficient (Wildman–Crippen LogP) is 6.76. The van der Waals surface area contributed by atoms with Crippen LogP contribution in [0.2, 0.25) is 0 Å². The molecule has 0 unspecified atom stereocenters. The number of hydrazone groups is 1. The molecule has 0 amide bonds. The zero-order valence-electron chi connectivity index (χ0n) is 22.2. The number of phenolic OH excluding ortho intramolecular Hbond substituents is 1. The van der Waals surface area contributed by atoms with Crippen molar-refractivity contribution in [2.45, 2.75) is 52.4 Å².